The molecule has 2 aliphatic rings. The van der Waals surface area contributed by atoms with Gasteiger partial charge >= 0.3 is 5.97 Å². The van der Waals surface area contributed by atoms with Crippen LogP contribution in [0, 0.1) is 11.3 Å². The SMILES string of the molecule is O=C(O)[C@@]12CCC[C@H]1CN(c1ncncc1Br)C2. The first-order valence-corrected chi connectivity index (χ1v) is 6.86. The van der Waals surface area contributed by atoms with E-state index in [0.29, 0.717) is 6.54 Å². The molecule has 1 saturated heterocycles. The van der Waals surface area contributed by atoms with E-state index in [1.807, 2.05) is 0 Å². The van der Waals surface area contributed by atoms with Gasteiger partial charge in [0.25, 0.3) is 0 Å². The predicted octanol–water partition coefficient (Wildman–Crippen LogP) is 1.93. The zero-order valence-corrected chi connectivity index (χ0v) is 11.4. The molecule has 1 aliphatic carbocycles. The highest BCUT2D eigenvalue weighted by Gasteiger charge is 2.55. The molecule has 18 heavy (non-hydrogen) atoms. The first-order chi connectivity index (χ1) is 8.63. The summed E-state index contributed by atoms with van der Waals surface area (Å²) in [5.41, 5.74) is -0.565. The maximum Gasteiger partial charge on any atom is 0.311 e. The smallest absolute Gasteiger partial charge is 0.311 e. The van der Waals surface area contributed by atoms with E-state index in [-0.39, 0.29) is 5.92 Å². The molecule has 0 radical (unpaired) electrons. The summed E-state index contributed by atoms with van der Waals surface area (Å²) in [7, 11) is 0. The van der Waals surface area contributed by atoms with E-state index in [1.165, 1.54) is 6.33 Å². The van der Waals surface area contributed by atoms with E-state index in [1.54, 1.807) is 6.20 Å². The van der Waals surface area contributed by atoms with E-state index in [4.69, 9.17) is 0 Å². The van der Waals surface area contributed by atoms with Crippen LogP contribution in [0.25, 0.3) is 0 Å². The summed E-state index contributed by atoms with van der Waals surface area (Å²) in [4.78, 5) is 21.9. The lowest BCUT2D eigenvalue weighted by molar-refractivity contribution is -0.149. The molecule has 5 nitrogen and oxygen atoms in total. The molecule has 1 saturated carbocycles. The van der Waals surface area contributed by atoms with Gasteiger partial charge in [0.15, 0.2) is 0 Å². The van der Waals surface area contributed by atoms with Gasteiger partial charge in [0, 0.05) is 19.3 Å². The van der Waals surface area contributed by atoms with Crippen LogP contribution in [0.3, 0.4) is 0 Å². The Labute approximate surface area is 113 Å². The van der Waals surface area contributed by atoms with Crippen LogP contribution in [-0.4, -0.2) is 34.1 Å². The predicted molar refractivity (Wildman–Crippen MR) is 69.4 cm³/mol. The number of nitrogens with zero attached hydrogens (tertiary/aromatic N) is 3. The van der Waals surface area contributed by atoms with E-state index in [0.717, 1.165) is 36.1 Å². The molecular formula is C12H14BrN3O2. The Balaban J connectivity index is 1.92. The Hall–Kier alpha value is -1.17. The van der Waals surface area contributed by atoms with Crippen molar-refractivity contribution in [2.45, 2.75) is 19.3 Å². The van der Waals surface area contributed by atoms with Crippen LogP contribution in [0.5, 0.6) is 0 Å². The van der Waals surface area contributed by atoms with Crippen molar-refractivity contribution in [3.63, 3.8) is 0 Å². The average molecular weight is 312 g/mol. The molecule has 1 N–H and O–H groups in total. The summed E-state index contributed by atoms with van der Waals surface area (Å²) in [6.45, 7) is 1.34. The minimum absolute atomic E-state index is 0.247. The number of aliphatic carboxylic acids is 1. The average Bonchev–Trinajstić information content (AvgIpc) is 2.86. The molecule has 1 aromatic rings. The molecule has 96 valence electrons. The fourth-order valence-corrected chi connectivity index (χ4v) is 3.81. The van der Waals surface area contributed by atoms with Gasteiger partial charge in [0.05, 0.1) is 9.89 Å². The summed E-state index contributed by atoms with van der Waals surface area (Å²) in [6.07, 6.45) is 6.01. The lowest BCUT2D eigenvalue weighted by atomic mass is 9.81. The van der Waals surface area contributed by atoms with Crippen molar-refractivity contribution < 1.29 is 9.90 Å². The van der Waals surface area contributed by atoms with E-state index < -0.39 is 11.4 Å². The molecule has 2 heterocycles. The van der Waals surface area contributed by atoms with Crippen LogP contribution in [0.2, 0.25) is 0 Å². The van der Waals surface area contributed by atoms with Crippen LogP contribution >= 0.6 is 15.9 Å². The Morgan fingerprint density at radius 1 is 1.61 bits per heavy atom. The third-order valence-electron chi connectivity index (χ3n) is 4.24. The van der Waals surface area contributed by atoms with Gasteiger partial charge in [0.1, 0.15) is 12.1 Å². The fraction of sp³-hybridized carbons (Fsp3) is 0.583. The van der Waals surface area contributed by atoms with Gasteiger partial charge in [-0.1, -0.05) is 6.42 Å². The monoisotopic (exact) mass is 311 g/mol. The first-order valence-electron chi connectivity index (χ1n) is 6.07. The van der Waals surface area contributed by atoms with E-state index in [2.05, 4.69) is 30.8 Å². The number of hydrogen-bond acceptors (Lipinski definition) is 4. The molecule has 2 atom stereocenters. The molecule has 3 rings (SSSR count). The van der Waals surface area contributed by atoms with Gasteiger partial charge in [-0.3, -0.25) is 4.79 Å². The minimum Gasteiger partial charge on any atom is -0.481 e. The van der Waals surface area contributed by atoms with Gasteiger partial charge in [-0.2, -0.15) is 0 Å². The number of fused-ring (bicyclic) bond motifs is 1. The standard InChI is InChI=1S/C12H14BrN3O2/c13-9-4-14-7-15-10(9)16-5-8-2-1-3-12(8,6-16)11(17)18/h4,7-8H,1-3,5-6H2,(H,17,18)/t8-,12+/m0/s1. The maximum atomic E-state index is 11.6. The highest BCUT2D eigenvalue weighted by molar-refractivity contribution is 9.10. The zero-order chi connectivity index (χ0) is 12.8. The van der Waals surface area contributed by atoms with Crippen LogP contribution in [0.15, 0.2) is 17.0 Å². The molecular weight excluding hydrogens is 298 g/mol. The highest BCUT2D eigenvalue weighted by Crippen LogP contribution is 2.50. The molecule has 0 bridgehead atoms. The maximum absolute atomic E-state index is 11.6. The van der Waals surface area contributed by atoms with Crippen LogP contribution < -0.4 is 4.90 Å². The largest absolute Gasteiger partial charge is 0.481 e. The Morgan fingerprint density at radius 3 is 3.11 bits per heavy atom. The molecule has 6 heteroatoms. The summed E-state index contributed by atoms with van der Waals surface area (Å²) >= 11 is 3.43. The molecule has 0 spiro atoms. The zero-order valence-electron chi connectivity index (χ0n) is 9.84. The number of carboxylic acid groups (broad SMARTS) is 1. The van der Waals surface area contributed by atoms with Crippen molar-refractivity contribution in [3.05, 3.63) is 17.0 Å². The Morgan fingerprint density at radius 2 is 2.44 bits per heavy atom. The second kappa shape index (κ2) is 4.19. The number of rotatable bonds is 2. The third-order valence-corrected chi connectivity index (χ3v) is 4.80. The fourth-order valence-electron chi connectivity index (χ4n) is 3.34. The van der Waals surface area contributed by atoms with Crippen LogP contribution in [0.1, 0.15) is 19.3 Å². The van der Waals surface area contributed by atoms with E-state index in [9.17, 15) is 9.90 Å². The van der Waals surface area contributed by atoms with Crippen molar-refractivity contribution in [3.8, 4) is 0 Å². The molecule has 0 unspecified atom stereocenters. The topological polar surface area (TPSA) is 66.3 Å². The minimum atomic E-state index is -0.655. The quantitative estimate of drug-likeness (QED) is 0.904. The number of anilines is 1. The molecule has 0 aromatic carbocycles. The van der Waals surface area contributed by atoms with Crippen LogP contribution in [0.4, 0.5) is 5.82 Å². The second-order valence-corrected chi connectivity index (χ2v) is 5.98. The van der Waals surface area contributed by atoms with Gasteiger partial charge in [0.2, 0.25) is 0 Å². The lowest BCUT2D eigenvalue weighted by Crippen LogP contribution is -2.35. The second-order valence-electron chi connectivity index (χ2n) is 5.13. The number of aromatic nitrogens is 2. The molecule has 1 aromatic heterocycles. The van der Waals surface area contributed by atoms with Crippen molar-refractivity contribution in [2.24, 2.45) is 11.3 Å². The molecule has 2 fully saturated rings. The van der Waals surface area contributed by atoms with Crippen molar-refractivity contribution in [1.29, 1.82) is 0 Å². The van der Waals surface area contributed by atoms with Gasteiger partial charge in [-0.25, -0.2) is 9.97 Å². The summed E-state index contributed by atoms with van der Waals surface area (Å²) in [5.74, 6) is 0.398. The Bertz CT molecular complexity index is 496. The Kier molecular flexibility index (Phi) is 2.77. The summed E-state index contributed by atoms with van der Waals surface area (Å²) in [5, 5.41) is 9.54. The van der Waals surface area contributed by atoms with Crippen molar-refractivity contribution in [2.75, 3.05) is 18.0 Å². The van der Waals surface area contributed by atoms with Crippen molar-refractivity contribution in [1.82, 2.24) is 9.97 Å². The normalized spacial score (nSPS) is 30.5. The highest BCUT2D eigenvalue weighted by atomic mass is 79.9. The van der Waals surface area contributed by atoms with Gasteiger partial charge in [-0.05, 0) is 34.7 Å². The lowest BCUT2D eigenvalue weighted by Gasteiger charge is -2.23. The molecule has 1 aliphatic heterocycles. The number of hydrogen-bond donors (Lipinski definition) is 1. The summed E-state index contributed by atoms with van der Waals surface area (Å²) in [6, 6.07) is 0. The summed E-state index contributed by atoms with van der Waals surface area (Å²) < 4.78 is 0.825. The number of carbonyl (C=O) groups is 1. The number of carboxylic acids is 1. The first kappa shape index (κ1) is 11.9. The van der Waals surface area contributed by atoms with E-state index >= 15 is 0 Å². The molecule has 0 amide bonds. The third kappa shape index (κ3) is 1.62. The van der Waals surface area contributed by atoms with Crippen LogP contribution in [-0.2, 0) is 4.79 Å². The van der Waals surface area contributed by atoms with Crippen molar-refractivity contribution >= 4 is 27.7 Å². The van der Waals surface area contributed by atoms with Gasteiger partial charge in [-0.15, -0.1) is 0 Å². The number of halogens is 1. The van der Waals surface area contributed by atoms with Gasteiger partial charge < -0.3 is 10.0 Å².